The zero-order valence-corrected chi connectivity index (χ0v) is 14.0. The molecule has 0 N–H and O–H groups in total. The van der Waals surface area contributed by atoms with Gasteiger partial charge in [0.1, 0.15) is 5.75 Å². The van der Waals surface area contributed by atoms with Crippen LogP contribution in [0.1, 0.15) is 33.6 Å². The number of thioether (sulfide) groups is 1. The summed E-state index contributed by atoms with van der Waals surface area (Å²) in [5.41, 5.74) is 1.08. The Bertz CT molecular complexity index is 563. The molecule has 1 aromatic heterocycles. The van der Waals surface area contributed by atoms with Crippen molar-refractivity contribution in [1.82, 2.24) is 14.8 Å². The van der Waals surface area contributed by atoms with Gasteiger partial charge >= 0.3 is 0 Å². The molecule has 2 aromatic rings. The quantitative estimate of drug-likeness (QED) is 0.717. The molecule has 4 nitrogen and oxygen atoms in total. The lowest BCUT2D eigenvalue weighted by atomic mass is 10.2. The van der Waals surface area contributed by atoms with E-state index in [9.17, 15) is 0 Å². The van der Waals surface area contributed by atoms with Crippen LogP contribution in [-0.4, -0.2) is 27.1 Å². The lowest BCUT2D eigenvalue weighted by Gasteiger charge is -2.11. The van der Waals surface area contributed by atoms with Crippen LogP contribution >= 0.6 is 11.8 Å². The van der Waals surface area contributed by atoms with Gasteiger partial charge in [-0.1, -0.05) is 39.0 Å². The Labute approximate surface area is 130 Å². The minimum atomic E-state index is 0.498. The summed E-state index contributed by atoms with van der Waals surface area (Å²) in [7, 11) is 1.68. The Morgan fingerprint density at radius 3 is 2.48 bits per heavy atom. The molecule has 0 unspecified atom stereocenters. The van der Waals surface area contributed by atoms with Crippen LogP contribution in [-0.2, 0) is 6.54 Å². The van der Waals surface area contributed by atoms with Crippen molar-refractivity contribution in [2.45, 2.75) is 50.6 Å². The van der Waals surface area contributed by atoms with Crippen molar-refractivity contribution in [3.05, 3.63) is 24.3 Å². The fraction of sp³-hybridized carbons (Fsp3) is 0.500. The standard InChI is InChI=1S/C16H23N3OS/c1-5-6-11-19-15(17-18-16(19)21-12(2)3)13-7-9-14(20-4)10-8-13/h7-10,12H,5-6,11H2,1-4H3. The molecule has 5 heteroatoms. The van der Waals surface area contributed by atoms with Gasteiger partial charge in [0.2, 0.25) is 0 Å². The maximum absolute atomic E-state index is 5.21. The predicted molar refractivity (Wildman–Crippen MR) is 87.9 cm³/mol. The van der Waals surface area contributed by atoms with Crippen LogP contribution in [0.5, 0.6) is 5.75 Å². The van der Waals surface area contributed by atoms with Crippen LogP contribution in [0.4, 0.5) is 0 Å². The van der Waals surface area contributed by atoms with Crippen molar-refractivity contribution in [2.75, 3.05) is 7.11 Å². The summed E-state index contributed by atoms with van der Waals surface area (Å²) in [5.74, 6) is 1.80. The van der Waals surface area contributed by atoms with Crippen molar-refractivity contribution < 1.29 is 4.74 Å². The molecule has 1 aromatic carbocycles. The molecule has 0 saturated heterocycles. The normalized spacial score (nSPS) is 11.1. The highest BCUT2D eigenvalue weighted by Gasteiger charge is 2.15. The van der Waals surface area contributed by atoms with E-state index in [4.69, 9.17) is 4.74 Å². The Hall–Kier alpha value is -1.49. The molecule has 1 heterocycles. The van der Waals surface area contributed by atoms with Crippen molar-refractivity contribution in [1.29, 1.82) is 0 Å². The topological polar surface area (TPSA) is 39.9 Å². The van der Waals surface area contributed by atoms with Gasteiger partial charge in [-0.3, -0.25) is 0 Å². The van der Waals surface area contributed by atoms with E-state index in [1.807, 2.05) is 24.3 Å². The summed E-state index contributed by atoms with van der Waals surface area (Å²) in [5, 5.41) is 10.3. The molecule has 0 bridgehead atoms. The Kier molecular flexibility index (Phi) is 5.67. The summed E-state index contributed by atoms with van der Waals surface area (Å²) in [6.45, 7) is 7.51. The largest absolute Gasteiger partial charge is 0.497 e. The zero-order chi connectivity index (χ0) is 15.2. The maximum atomic E-state index is 5.21. The third-order valence-corrected chi connectivity index (χ3v) is 4.13. The van der Waals surface area contributed by atoms with E-state index in [1.165, 1.54) is 0 Å². The molecule has 0 amide bonds. The number of aromatic nitrogens is 3. The minimum absolute atomic E-state index is 0.498. The highest BCUT2D eigenvalue weighted by atomic mass is 32.2. The second-order valence-corrected chi connectivity index (χ2v) is 6.75. The molecule has 21 heavy (non-hydrogen) atoms. The van der Waals surface area contributed by atoms with Crippen LogP contribution in [0.2, 0.25) is 0 Å². The van der Waals surface area contributed by atoms with Gasteiger partial charge in [-0.2, -0.15) is 0 Å². The lowest BCUT2D eigenvalue weighted by Crippen LogP contribution is -2.04. The molecule has 0 fully saturated rings. The smallest absolute Gasteiger partial charge is 0.191 e. The molecule has 0 aliphatic rings. The molecule has 0 aliphatic heterocycles. The van der Waals surface area contributed by atoms with E-state index in [2.05, 4.69) is 35.5 Å². The van der Waals surface area contributed by atoms with E-state index < -0.39 is 0 Å². The van der Waals surface area contributed by atoms with Crippen molar-refractivity contribution in [3.63, 3.8) is 0 Å². The van der Waals surface area contributed by atoms with Crippen LogP contribution < -0.4 is 4.74 Å². The molecular formula is C16H23N3OS. The van der Waals surface area contributed by atoms with Crippen LogP contribution in [0.15, 0.2) is 29.4 Å². The second kappa shape index (κ2) is 7.50. The summed E-state index contributed by atoms with van der Waals surface area (Å²) in [6, 6.07) is 8.00. The predicted octanol–water partition coefficient (Wildman–Crippen LogP) is 4.25. The minimum Gasteiger partial charge on any atom is -0.497 e. The molecule has 0 radical (unpaired) electrons. The van der Waals surface area contributed by atoms with Crippen molar-refractivity contribution in [3.8, 4) is 17.1 Å². The van der Waals surface area contributed by atoms with Crippen LogP contribution in [0.25, 0.3) is 11.4 Å². The third-order valence-electron chi connectivity index (χ3n) is 3.14. The highest BCUT2D eigenvalue weighted by Crippen LogP contribution is 2.28. The van der Waals surface area contributed by atoms with Gasteiger partial charge in [-0.15, -0.1) is 10.2 Å². The van der Waals surface area contributed by atoms with Gasteiger partial charge < -0.3 is 9.30 Å². The average molecular weight is 305 g/mol. The number of unbranched alkanes of at least 4 members (excludes halogenated alkanes) is 1. The number of nitrogens with zero attached hydrogens (tertiary/aromatic N) is 3. The van der Waals surface area contributed by atoms with Gasteiger partial charge in [0, 0.05) is 17.4 Å². The van der Waals surface area contributed by atoms with Crippen LogP contribution in [0.3, 0.4) is 0 Å². The first-order chi connectivity index (χ1) is 10.2. The average Bonchev–Trinajstić information content (AvgIpc) is 2.87. The number of hydrogen-bond donors (Lipinski definition) is 0. The van der Waals surface area contributed by atoms with Gasteiger partial charge in [0.05, 0.1) is 7.11 Å². The van der Waals surface area contributed by atoms with E-state index in [0.29, 0.717) is 5.25 Å². The lowest BCUT2D eigenvalue weighted by molar-refractivity contribution is 0.415. The molecule has 0 spiro atoms. The maximum Gasteiger partial charge on any atom is 0.191 e. The van der Waals surface area contributed by atoms with Gasteiger partial charge in [0.15, 0.2) is 11.0 Å². The fourth-order valence-electron chi connectivity index (χ4n) is 2.06. The SMILES string of the molecule is CCCCn1c(SC(C)C)nnc1-c1ccc(OC)cc1. The zero-order valence-electron chi connectivity index (χ0n) is 13.2. The van der Waals surface area contributed by atoms with Gasteiger partial charge in [0.25, 0.3) is 0 Å². The van der Waals surface area contributed by atoms with Gasteiger partial charge in [-0.05, 0) is 30.7 Å². The molecule has 0 saturated carbocycles. The highest BCUT2D eigenvalue weighted by molar-refractivity contribution is 7.99. The van der Waals surface area contributed by atoms with E-state index >= 15 is 0 Å². The Morgan fingerprint density at radius 1 is 1.19 bits per heavy atom. The Morgan fingerprint density at radius 2 is 1.90 bits per heavy atom. The molecule has 0 atom stereocenters. The molecule has 2 rings (SSSR count). The summed E-state index contributed by atoms with van der Waals surface area (Å²) in [4.78, 5) is 0. The van der Waals surface area contributed by atoms with E-state index in [-0.39, 0.29) is 0 Å². The first-order valence-electron chi connectivity index (χ1n) is 7.40. The van der Waals surface area contributed by atoms with E-state index in [0.717, 1.165) is 41.7 Å². The number of ether oxygens (including phenoxy) is 1. The first-order valence-corrected chi connectivity index (χ1v) is 8.28. The fourth-order valence-corrected chi connectivity index (χ4v) is 2.87. The summed E-state index contributed by atoms with van der Waals surface area (Å²) < 4.78 is 7.44. The second-order valence-electron chi connectivity index (χ2n) is 5.21. The molecule has 114 valence electrons. The molecular weight excluding hydrogens is 282 g/mol. The molecule has 0 aliphatic carbocycles. The summed E-state index contributed by atoms with van der Waals surface area (Å²) in [6.07, 6.45) is 2.29. The summed E-state index contributed by atoms with van der Waals surface area (Å²) >= 11 is 1.76. The van der Waals surface area contributed by atoms with Gasteiger partial charge in [-0.25, -0.2) is 0 Å². The van der Waals surface area contributed by atoms with E-state index in [1.54, 1.807) is 18.9 Å². The number of benzene rings is 1. The van der Waals surface area contributed by atoms with Crippen molar-refractivity contribution >= 4 is 11.8 Å². The Balaban J connectivity index is 2.34. The van der Waals surface area contributed by atoms with Crippen molar-refractivity contribution in [2.24, 2.45) is 0 Å². The number of rotatable bonds is 7. The first kappa shape index (κ1) is 15.9. The third kappa shape index (κ3) is 4.00. The number of methoxy groups -OCH3 is 1. The monoisotopic (exact) mass is 305 g/mol. The number of hydrogen-bond acceptors (Lipinski definition) is 4. The van der Waals surface area contributed by atoms with Crippen LogP contribution in [0, 0.1) is 0 Å².